The maximum atomic E-state index is 11.0. The SMILES string of the molecule is CC(C)(C)[NH3+].O=C([O-])C1CN(c2cccc(N3CC4(CCCC4)c4cc(Cl)ccc43)c2)C1. The van der Waals surface area contributed by atoms with Crippen LogP contribution in [0.5, 0.6) is 0 Å². The molecule has 5 nitrogen and oxygen atoms in total. The molecule has 1 saturated carbocycles. The minimum atomic E-state index is -0.948. The molecule has 0 aromatic heterocycles. The fourth-order valence-electron chi connectivity index (χ4n) is 5.05. The molecule has 2 aliphatic heterocycles. The van der Waals surface area contributed by atoms with Crippen molar-refractivity contribution in [3.8, 4) is 0 Å². The topological polar surface area (TPSA) is 74.2 Å². The Hall–Kier alpha value is -2.24. The van der Waals surface area contributed by atoms with Gasteiger partial charge in [-0.15, -0.1) is 0 Å². The lowest BCUT2D eigenvalue weighted by molar-refractivity contribution is -0.458. The molecular weight excluding hydrogens is 422 g/mol. The van der Waals surface area contributed by atoms with Gasteiger partial charge in [0.1, 0.15) is 0 Å². The second kappa shape index (κ2) is 8.60. The molecule has 0 radical (unpaired) electrons. The number of aliphatic carboxylic acids is 1. The number of rotatable bonds is 3. The maximum Gasteiger partial charge on any atom is 0.0860 e. The number of halogens is 1. The molecule has 0 amide bonds. The Labute approximate surface area is 196 Å². The normalized spacial score (nSPS) is 19.4. The average molecular weight is 456 g/mol. The molecule has 3 N–H and O–H groups in total. The summed E-state index contributed by atoms with van der Waals surface area (Å²) >= 11 is 6.33. The lowest BCUT2D eigenvalue weighted by Gasteiger charge is -2.41. The van der Waals surface area contributed by atoms with Crippen molar-refractivity contribution < 1.29 is 15.6 Å². The van der Waals surface area contributed by atoms with Gasteiger partial charge in [-0.05, 0) is 75.6 Å². The van der Waals surface area contributed by atoms with Gasteiger partial charge in [0, 0.05) is 59.0 Å². The number of carboxylic acids is 1. The smallest absolute Gasteiger partial charge is 0.0860 e. The van der Waals surface area contributed by atoms with Crippen molar-refractivity contribution in [2.24, 2.45) is 5.92 Å². The minimum Gasteiger partial charge on any atom is -0.550 e. The molecule has 3 aliphatic rings. The molecule has 1 spiro atoms. The summed E-state index contributed by atoms with van der Waals surface area (Å²) in [5.41, 5.74) is 9.12. The lowest BCUT2D eigenvalue weighted by atomic mass is 9.81. The molecular formula is C26H34ClN3O2. The first kappa shape index (κ1) is 22.9. The third-order valence-electron chi connectivity index (χ3n) is 6.56. The quantitative estimate of drug-likeness (QED) is 0.768. The first-order chi connectivity index (χ1) is 15.1. The molecule has 2 heterocycles. The standard InChI is InChI=1S/C22H23ClN2O2.C4H11N/c23-16-6-7-20-19(10-16)22(8-1-2-9-22)14-25(20)18-5-3-4-17(11-18)24-12-15(13-24)21(26)27;1-4(2,3)5/h3-7,10-11,15H,1-2,8-9,12-14H2,(H,26,27);5H2,1-3H3. The highest BCUT2D eigenvalue weighted by molar-refractivity contribution is 6.30. The summed E-state index contributed by atoms with van der Waals surface area (Å²) in [4.78, 5) is 15.5. The van der Waals surface area contributed by atoms with Crippen molar-refractivity contribution >= 4 is 34.6 Å². The first-order valence-corrected chi connectivity index (χ1v) is 11.9. The van der Waals surface area contributed by atoms with Crippen LogP contribution in [0.25, 0.3) is 0 Å². The van der Waals surface area contributed by atoms with Crippen LogP contribution in [-0.2, 0) is 10.2 Å². The lowest BCUT2D eigenvalue weighted by Crippen LogP contribution is -2.67. The molecule has 1 aliphatic carbocycles. The van der Waals surface area contributed by atoms with Gasteiger partial charge in [0.05, 0.1) is 5.54 Å². The molecule has 2 fully saturated rings. The maximum absolute atomic E-state index is 11.0. The van der Waals surface area contributed by atoms with E-state index in [1.165, 1.54) is 36.9 Å². The number of quaternary nitrogens is 1. The van der Waals surface area contributed by atoms with E-state index in [4.69, 9.17) is 11.6 Å². The predicted molar refractivity (Wildman–Crippen MR) is 128 cm³/mol. The summed E-state index contributed by atoms with van der Waals surface area (Å²) < 4.78 is 0. The van der Waals surface area contributed by atoms with Crippen LogP contribution in [0.4, 0.5) is 17.1 Å². The van der Waals surface area contributed by atoms with Crippen LogP contribution in [0, 0.1) is 5.92 Å². The number of benzene rings is 2. The number of anilines is 3. The van der Waals surface area contributed by atoms with E-state index in [1.54, 1.807) is 0 Å². The van der Waals surface area contributed by atoms with Gasteiger partial charge in [-0.2, -0.15) is 0 Å². The highest BCUT2D eigenvalue weighted by atomic mass is 35.5. The zero-order valence-electron chi connectivity index (χ0n) is 19.4. The number of hydrogen-bond acceptors (Lipinski definition) is 4. The van der Waals surface area contributed by atoms with E-state index >= 15 is 0 Å². The number of carbonyl (C=O) groups excluding carboxylic acids is 1. The Morgan fingerprint density at radius 3 is 2.34 bits per heavy atom. The highest BCUT2D eigenvalue weighted by Gasteiger charge is 2.45. The summed E-state index contributed by atoms with van der Waals surface area (Å²) in [5, 5.41) is 11.8. The number of carboxylic acid groups (broad SMARTS) is 1. The van der Waals surface area contributed by atoms with E-state index in [2.05, 4.69) is 72.7 Å². The van der Waals surface area contributed by atoms with Gasteiger partial charge >= 0.3 is 0 Å². The number of carbonyl (C=O) groups is 1. The fraction of sp³-hybridized carbons (Fsp3) is 0.500. The van der Waals surface area contributed by atoms with Crippen LogP contribution in [0.1, 0.15) is 52.0 Å². The van der Waals surface area contributed by atoms with Crippen molar-refractivity contribution in [1.82, 2.24) is 0 Å². The van der Waals surface area contributed by atoms with Crippen molar-refractivity contribution in [2.75, 3.05) is 29.4 Å². The van der Waals surface area contributed by atoms with Crippen LogP contribution < -0.4 is 20.6 Å². The molecule has 172 valence electrons. The van der Waals surface area contributed by atoms with Gasteiger partial charge < -0.3 is 25.4 Å². The Morgan fingerprint density at radius 1 is 1.09 bits per heavy atom. The van der Waals surface area contributed by atoms with Crippen molar-refractivity contribution in [1.29, 1.82) is 0 Å². The van der Waals surface area contributed by atoms with E-state index in [0.717, 1.165) is 22.9 Å². The largest absolute Gasteiger partial charge is 0.550 e. The molecule has 1 saturated heterocycles. The van der Waals surface area contributed by atoms with Gasteiger partial charge in [0.2, 0.25) is 0 Å². The van der Waals surface area contributed by atoms with Gasteiger partial charge in [0.15, 0.2) is 0 Å². The van der Waals surface area contributed by atoms with Crippen molar-refractivity contribution in [2.45, 2.75) is 57.4 Å². The first-order valence-electron chi connectivity index (χ1n) is 11.5. The van der Waals surface area contributed by atoms with E-state index in [1.807, 2.05) is 6.07 Å². The summed E-state index contributed by atoms with van der Waals surface area (Å²) in [7, 11) is 0. The Balaban J connectivity index is 0.000000444. The molecule has 0 bridgehead atoms. The Bertz CT molecular complexity index is 983. The molecule has 2 aromatic rings. The zero-order valence-corrected chi connectivity index (χ0v) is 20.1. The summed E-state index contributed by atoms with van der Waals surface area (Å²) in [6.45, 7) is 8.28. The molecule has 0 atom stereocenters. The number of fused-ring (bicyclic) bond motifs is 2. The van der Waals surface area contributed by atoms with Crippen molar-refractivity contribution in [3.05, 3.63) is 53.1 Å². The third-order valence-corrected chi connectivity index (χ3v) is 6.80. The van der Waals surface area contributed by atoms with Crippen LogP contribution in [0.2, 0.25) is 5.02 Å². The number of hydrogen-bond donors (Lipinski definition) is 1. The fourth-order valence-corrected chi connectivity index (χ4v) is 5.22. The second-order valence-corrected chi connectivity index (χ2v) is 11.2. The van der Waals surface area contributed by atoms with E-state index in [0.29, 0.717) is 13.1 Å². The molecule has 6 heteroatoms. The Kier molecular flexibility index (Phi) is 6.17. The van der Waals surface area contributed by atoms with E-state index in [-0.39, 0.29) is 16.9 Å². The van der Waals surface area contributed by atoms with Crippen LogP contribution in [0.3, 0.4) is 0 Å². The Morgan fingerprint density at radius 2 is 1.72 bits per heavy atom. The predicted octanol–water partition coefficient (Wildman–Crippen LogP) is 3.52. The zero-order chi connectivity index (χ0) is 23.1. The summed E-state index contributed by atoms with van der Waals surface area (Å²) in [6.07, 6.45) is 4.99. The molecule has 0 unspecified atom stereocenters. The van der Waals surface area contributed by atoms with Crippen LogP contribution in [0.15, 0.2) is 42.5 Å². The van der Waals surface area contributed by atoms with Crippen molar-refractivity contribution in [3.63, 3.8) is 0 Å². The average Bonchev–Trinajstić information content (AvgIpc) is 3.25. The van der Waals surface area contributed by atoms with Gasteiger partial charge in [-0.1, -0.05) is 30.5 Å². The molecule has 2 aromatic carbocycles. The van der Waals surface area contributed by atoms with Gasteiger partial charge in [-0.25, -0.2) is 0 Å². The van der Waals surface area contributed by atoms with Crippen LogP contribution >= 0.6 is 11.6 Å². The van der Waals surface area contributed by atoms with E-state index < -0.39 is 5.97 Å². The summed E-state index contributed by atoms with van der Waals surface area (Å²) in [5.74, 6) is -1.30. The molecule has 5 rings (SSSR count). The highest BCUT2D eigenvalue weighted by Crippen LogP contribution is 2.53. The third kappa shape index (κ3) is 4.74. The van der Waals surface area contributed by atoms with Gasteiger partial charge in [0.25, 0.3) is 0 Å². The van der Waals surface area contributed by atoms with Crippen LogP contribution in [-0.4, -0.2) is 31.1 Å². The molecule has 32 heavy (non-hydrogen) atoms. The minimum absolute atomic E-state index is 0.215. The monoisotopic (exact) mass is 455 g/mol. The van der Waals surface area contributed by atoms with Gasteiger partial charge in [-0.3, -0.25) is 0 Å². The number of nitrogens with zero attached hydrogens (tertiary/aromatic N) is 2. The second-order valence-electron chi connectivity index (χ2n) is 10.7. The summed E-state index contributed by atoms with van der Waals surface area (Å²) in [6, 6.07) is 14.7. The van der Waals surface area contributed by atoms with E-state index in [9.17, 15) is 9.90 Å².